The molecule has 1 aliphatic rings. The van der Waals surface area contributed by atoms with Crippen molar-refractivity contribution in [1.29, 1.82) is 0 Å². The van der Waals surface area contributed by atoms with Gasteiger partial charge < -0.3 is 10.4 Å². The van der Waals surface area contributed by atoms with Gasteiger partial charge in [-0.2, -0.15) is 0 Å². The van der Waals surface area contributed by atoms with Gasteiger partial charge in [-0.1, -0.05) is 63.3 Å². The van der Waals surface area contributed by atoms with Crippen LogP contribution in [0.3, 0.4) is 0 Å². The topological polar surface area (TPSA) is 49.3 Å². The van der Waals surface area contributed by atoms with E-state index in [1.165, 1.54) is 44.1 Å². The number of aliphatic hydroxyl groups excluding tert-OH is 1. The molecule has 1 saturated heterocycles. The maximum atomic E-state index is 11.5. The summed E-state index contributed by atoms with van der Waals surface area (Å²) in [5.41, 5.74) is 2.53. The molecule has 0 unspecified atom stereocenters. The molecule has 1 aliphatic heterocycles. The van der Waals surface area contributed by atoms with Crippen LogP contribution in [0.2, 0.25) is 0 Å². The van der Waals surface area contributed by atoms with E-state index in [1.807, 2.05) is 0 Å². The van der Waals surface area contributed by atoms with Gasteiger partial charge in [0.25, 0.3) is 0 Å². The molecule has 122 valence electrons. The van der Waals surface area contributed by atoms with Gasteiger partial charge in [-0.15, -0.1) is 0 Å². The Morgan fingerprint density at radius 2 is 1.77 bits per heavy atom. The maximum Gasteiger partial charge on any atom is 0.221 e. The first-order chi connectivity index (χ1) is 10.7. The molecular formula is C19H29NO2. The number of aliphatic hydroxyl groups is 1. The lowest BCUT2D eigenvalue weighted by Crippen LogP contribution is -2.31. The van der Waals surface area contributed by atoms with E-state index in [2.05, 4.69) is 36.5 Å². The second kappa shape index (κ2) is 8.94. The summed E-state index contributed by atoms with van der Waals surface area (Å²) in [5.74, 6) is 0.154. The highest BCUT2D eigenvalue weighted by atomic mass is 16.3. The molecule has 2 rings (SSSR count). The number of amides is 1. The number of carbonyl (C=O) groups excluding carboxylic acids is 1. The molecule has 1 fully saturated rings. The van der Waals surface area contributed by atoms with E-state index < -0.39 is 0 Å². The number of carbonyl (C=O) groups is 1. The van der Waals surface area contributed by atoms with Gasteiger partial charge in [-0.05, 0) is 24.0 Å². The Morgan fingerprint density at radius 1 is 1.09 bits per heavy atom. The van der Waals surface area contributed by atoms with Gasteiger partial charge in [-0.25, -0.2) is 0 Å². The van der Waals surface area contributed by atoms with Crippen molar-refractivity contribution in [1.82, 2.24) is 5.32 Å². The summed E-state index contributed by atoms with van der Waals surface area (Å²) in [5, 5.41) is 12.2. The summed E-state index contributed by atoms with van der Waals surface area (Å²) >= 11 is 0. The van der Waals surface area contributed by atoms with Crippen LogP contribution in [0.1, 0.15) is 68.9 Å². The monoisotopic (exact) mass is 303 g/mol. The lowest BCUT2D eigenvalue weighted by Gasteiger charge is -2.17. The SMILES string of the molecule is CCCCCCCCc1ccc([C@@H]2CC(=O)N[C@H]2CO)cc1. The van der Waals surface area contributed by atoms with Crippen LogP contribution in [0.4, 0.5) is 0 Å². The van der Waals surface area contributed by atoms with E-state index in [9.17, 15) is 9.90 Å². The Labute approximate surface area is 134 Å². The van der Waals surface area contributed by atoms with E-state index in [1.54, 1.807) is 0 Å². The first-order valence-electron chi connectivity index (χ1n) is 8.73. The Morgan fingerprint density at radius 3 is 2.45 bits per heavy atom. The molecule has 22 heavy (non-hydrogen) atoms. The highest BCUT2D eigenvalue weighted by molar-refractivity contribution is 5.80. The highest BCUT2D eigenvalue weighted by Gasteiger charge is 2.32. The number of benzene rings is 1. The summed E-state index contributed by atoms with van der Waals surface area (Å²) in [6, 6.07) is 8.48. The summed E-state index contributed by atoms with van der Waals surface area (Å²) in [7, 11) is 0. The Hall–Kier alpha value is -1.35. The number of hydrogen-bond donors (Lipinski definition) is 2. The third-order valence-corrected chi connectivity index (χ3v) is 4.66. The van der Waals surface area contributed by atoms with Crippen LogP contribution in [0.15, 0.2) is 24.3 Å². The predicted molar refractivity (Wildman–Crippen MR) is 89.9 cm³/mol. The van der Waals surface area contributed by atoms with Crippen molar-refractivity contribution < 1.29 is 9.90 Å². The summed E-state index contributed by atoms with van der Waals surface area (Å²) in [6.45, 7) is 2.26. The third-order valence-electron chi connectivity index (χ3n) is 4.66. The smallest absolute Gasteiger partial charge is 0.221 e. The van der Waals surface area contributed by atoms with Gasteiger partial charge >= 0.3 is 0 Å². The molecule has 0 spiro atoms. The highest BCUT2D eigenvalue weighted by Crippen LogP contribution is 2.28. The van der Waals surface area contributed by atoms with E-state index in [4.69, 9.17) is 0 Å². The van der Waals surface area contributed by atoms with Gasteiger partial charge in [0.05, 0.1) is 12.6 Å². The zero-order valence-corrected chi connectivity index (χ0v) is 13.7. The largest absolute Gasteiger partial charge is 0.394 e. The molecular weight excluding hydrogens is 274 g/mol. The van der Waals surface area contributed by atoms with Crippen molar-refractivity contribution >= 4 is 5.91 Å². The Balaban J connectivity index is 1.79. The first-order valence-corrected chi connectivity index (χ1v) is 8.73. The van der Waals surface area contributed by atoms with Crippen LogP contribution in [0, 0.1) is 0 Å². The first kappa shape index (κ1) is 17.0. The molecule has 1 amide bonds. The van der Waals surface area contributed by atoms with Gasteiger partial charge in [0, 0.05) is 12.3 Å². The van der Waals surface area contributed by atoms with E-state index in [-0.39, 0.29) is 24.5 Å². The molecule has 1 aromatic rings. The average molecular weight is 303 g/mol. The Bertz CT molecular complexity index is 455. The van der Waals surface area contributed by atoms with Crippen molar-refractivity contribution in [3.63, 3.8) is 0 Å². The zero-order valence-electron chi connectivity index (χ0n) is 13.7. The van der Waals surface area contributed by atoms with Crippen LogP contribution in [-0.2, 0) is 11.2 Å². The molecule has 3 heteroatoms. The molecule has 1 aromatic carbocycles. The fourth-order valence-corrected chi connectivity index (χ4v) is 3.27. The van der Waals surface area contributed by atoms with Crippen molar-refractivity contribution in [2.45, 2.75) is 70.3 Å². The van der Waals surface area contributed by atoms with E-state index in [0.717, 1.165) is 12.0 Å². The Kier molecular flexibility index (Phi) is 6.91. The van der Waals surface area contributed by atoms with Crippen molar-refractivity contribution in [3.05, 3.63) is 35.4 Å². The number of rotatable bonds is 9. The van der Waals surface area contributed by atoms with Crippen LogP contribution in [0.25, 0.3) is 0 Å². The molecule has 0 bridgehead atoms. The van der Waals surface area contributed by atoms with Gasteiger partial charge in [0.1, 0.15) is 0 Å². The molecule has 0 saturated carbocycles. The summed E-state index contributed by atoms with van der Waals surface area (Å²) in [4.78, 5) is 11.5. The van der Waals surface area contributed by atoms with Gasteiger partial charge in [0.2, 0.25) is 5.91 Å². The number of aryl methyl sites for hydroxylation is 1. The second-order valence-electron chi connectivity index (χ2n) is 6.43. The molecule has 0 aliphatic carbocycles. The maximum absolute atomic E-state index is 11.5. The lowest BCUT2D eigenvalue weighted by molar-refractivity contribution is -0.119. The van der Waals surface area contributed by atoms with Gasteiger partial charge in [-0.3, -0.25) is 4.79 Å². The van der Waals surface area contributed by atoms with Crippen molar-refractivity contribution in [2.75, 3.05) is 6.61 Å². The average Bonchev–Trinajstić information content (AvgIpc) is 2.92. The minimum absolute atomic E-state index is 0.00984. The van der Waals surface area contributed by atoms with Gasteiger partial charge in [0.15, 0.2) is 0 Å². The fourth-order valence-electron chi connectivity index (χ4n) is 3.27. The fraction of sp³-hybridized carbons (Fsp3) is 0.632. The second-order valence-corrected chi connectivity index (χ2v) is 6.43. The van der Waals surface area contributed by atoms with Crippen LogP contribution in [0.5, 0.6) is 0 Å². The number of hydrogen-bond acceptors (Lipinski definition) is 2. The lowest BCUT2D eigenvalue weighted by atomic mass is 9.91. The van der Waals surface area contributed by atoms with Crippen LogP contribution < -0.4 is 5.32 Å². The van der Waals surface area contributed by atoms with Crippen molar-refractivity contribution in [2.24, 2.45) is 0 Å². The minimum Gasteiger partial charge on any atom is -0.394 e. The predicted octanol–water partition coefficient (Wildman–Crippen LogP) is 3.55. The number of unbranched alkanes of at least 4 members (excludes halogenated alkanes) is 5. The molecule has 0 radical (unpaired) electrons. The minimum atomic E-state index is -0.128. The van der Waals surface area contributed by atoms with Crippen molar-refractivity contribution in [3.8, 4) is 0 Å². The molecule has 1 heterocycles. The quantitative estimate of drug-likeness (QED) is 0.685. The van der Waals surface area contributed by atoms with Crippen LogP contribution in [-0.4, -0.2) is 23.7 Å². The summed E-state index contributed by atoms with van der Waals surface area (Å²) < 4.78 is 0. The van der Waals surface area contributed by atoms with E-state index in [0.29, 0.717) is 6.42 Å². The molecule has 0 aromatic heterocycles. The summed E-state index contributed by atoms with van der Waals surface area (Å²) in [6.07, 6.45) is 9.56. The zero-order chi connectivity index (χ0) is 15.8. The molecule has 2 N–H and O–H groups in total. The molecule has 3 nitrogen and oxygen atoms in total. The normalized spacial score (nSPS) is 21.1. The molecule has 2 atom stereocenters. The van der Waals surface area contributed by atoms with Crippen LogP contribution >= 0.6 is 0 Å². The van der Waals surface area contributed by atoms with E-state index >= 15 is 0 Å². The standard InChI is InChI=1S/C19H29NO2/c1-2-3-4-5-6-7-8-15-9-11-16(12-10-15)17-13-19(22)20-18(17)14-21/h9-12,17-18,21H,2-8,13-14H2,1H3,(H,20,22)/t17-,18-/m0/s1. The number of nitrogens with one attached hydrogen (secondary N) is 1. The third kappa shape index (κ3) is 4.84.